The Labute approximate surface area is 146 Å². The van der Waals surface area contributed by atoms with E-state index in [4.69, 9.17) is 11.6 Å². The smallest absolute Gasteiger partial charge is 0.245 e. The van der Waals surface area contributed by atoms with Crippen LogP contribution in [0.15, 0.2) is 54.7 Å². The topological polar surface area (TPSA) is 62.7 Å². The molecule has 3 rings (SSSR count). The second kappa shape index (κ2) is 7.27. The molecule has 0 saturated carbocycles. The number of hydrogen-bond acceptors (Lipinski definition) is 5. The molecule has 1 heterocycles. The molecule has 0 saturated heterocycles. The fraction of sp³-hybridized carbons (Fsp3) is 0.167. The molecule has 6 heteroatoms. The summed E-state index contributed by atoms with van der Waals surface area (Å²) in [6.07, 6.45) is 1.58. The lowest BCUT2D eigenvalue weighted by molar-refractivity contribution is 0.841. The van der Waals surface area contributed by atoms with E-state index in [0.29, 0.717) is 16.8 Å². The number of halogens is 1. The predicted octanol–water partition coefficient (Wildman–Crippen LogP) is 4.75. The fourth-order valence-electron chi connectivity index (χ4n) is 2.31. The van der Waals surface area contributed by atoms with E-state index in [0.717, 1.165) is 16.8 Å². The highest BCUT2D eigenvalue weighted by Crippen LogP contribution is 2.23. The first-order valence-corrected chi connectivity index (χ1v) is 8.04. The van der Waals surface area contributed by atoms with E-state index in [2.05, 4.69) is 44.9 Å². The highest BCUT2D eigenvalue weighted by molar-refractivity contribution is 6.30. The van der Waals surface area contributed by atoms with Gasteiger partial charge in [-0.25, -0.2) is 0 Å². The molecule has 0 bridgehead atoms. The minimum absolute atomic E-state index is 0.0798. The van der Waals surface area contributed by atoms with Crippen molar-refractivity contribution in [2.75, 3.05) is 10.6 Å². The molecule has 5 nitrogen and oxygen atoms in total. The highest BCUT2D eigenvalue weighted by Gasteiger charge is 2.08. The molecule has 1 aromatic heterocycles. The Morgan fingerprint density at radius 1 is 1.08 bits per heavy atom. The van der Waals surface area contributed by atoms with Gasteiger partial charge in [-0.3, -0.25) is 0 Å². The van der Waals surface area contributed by atoms with Crippen molar-refractivity contribution in [2.24, 2.45) is 0 Å². The van der Waals surface area contributed by atoms with Crippen LogP contribution in [0, 0.1) is 6.92 Å². The highest BCUT2D eigenvalue weighted by atomic mass is 35.5. The van der Waals surface area contributed by atoms with Gasteiger partial charge < -0.3 is 10.6 Å². The van der Waals surface area contributed by atoms with Crippen LogP contribution in [-0.2, 0) is 0 Å². The summed E-state index contributed by atoms with van der Waals surface area (Å²) in [5.74, 6) is 1.08. The van der Waals surface area contributed by atoms with Crippen molar-refractivity contribution in [1.29, 1.82) is 0 Å². The maximum absolute atomic E-state index is 6.05. The average Bonchev–Trinajstić information content (AvgIpc) is 2.59. The van der Waals surface area contributed by atoms with E-state index in [9.17, 15) is 0 Å². The molecule has 24 heavy (non-hydrogen) atoms. The molecule has 1 atom stereocenters. The summed E-state index contributed by atoms with van der Waals surface area (Å²) in [6, 6.07) is 15.9. The van der Waals surface area contributed by atoms with Crippen LogP contribution in [0.4, 0.5) is 17.5 Å². The molecule has 0 aliphatic carbocycles. The molecule has 122 valence electrons. The maximum atomic E-state index is 6.05. The van der Waals surface area contributed by atoms with Gasteiger partial charge in [0.25, 0.3) is 0 Å². The third kappa shape index (κ3) is 4.00. The summed E-state index contributed by atoms with van der Waals surface area (Å²) in [5.41, 5.74) is 3.13. The SMILES string of the molecule is Cc1ccc(Cl)cc1Nc1cnnc(NC(C)c2ccccc2)n1. The zero-order valence-electron chi connectivity index (χ0n) is 13.5. The van der Waals surface area contributed by atoms with E-state index in [-0.39, 0.29) is 6.04 Å². The van der Waals surface area contributed by atoms with Crippen LogP contribution in [0.1, 0.15) is 24.1 Å². The van der Waals surface area contributed by atoms with Gasteiger partial charge >= 0.3 is 0 Å². The lowest BCUT2D eigenvalue weighted by Gasteiger charge is -2.14. The van der Waals surface area contributed by atoms with Gasteiger partial charge in [0.15, 0.2) is 5.82 Å². The van der Waals surface area contributed by atoms with Crippen molar-refractivity contribution in [1.82, 2.24) is 15.2 Å². The van der Waals surface area contributed by atoms with E-state index in [1.165, 1.54) is 0 Å². The Morgan fingerprint density at radius 2 is 1.88 bits per heavy atom. The second-order valence-electron chi connectivity index (χ2n) is 5.53. The van der Waals surface area contributed by atoms with Gasteiger partial charge in [0.1, 0.15) is 0 Å². The van der Waals surface area contributed by atoms with Gasteiger partial charge in [0.2, 0.25) is 5.95 Å². The van der Waals surface area contributed by atoms with Crippen LogP contribution in [-0.4, -0.2) is 15.2 Å². The number of nitrogens with zero attached hydrogens (tertiary/aromatic N) is 3. The number of benzene rings is 2. The van der Waals surface area contributed by atoms with Gasteiger partial charge in [0, 0.05) is 10.7 Å². The number of hydrogen-bond donors (Lipinski definition) is 2. The summed E-state index contributed by atoms with van der Waals surface area (Å²) < 4.78 is 0. The standard InChI is InChI=1S/C18H18ClN5/c1-12-8-9-15(19)10-16(12)22-17-11-20-24-18(23-17)21-13(2)14-6-4-3-5-7-14/h3-11,13H,1-2H3,(H2,21,22,23,24). The molecule has 0 radical (unpaired) electrons. The lowest BCUT2D eigenvalue weighted by Crippen LogP contribution is -2.11. The summed E-state index contributed by atoms with van der Waals surface area (Å²) in [7, 11) is 0. The van der Waals surface area contributed by atoms with Crippen LogP contribution >= 0.6 is 11.6 Å². The third-order valence-electron chi connectivity index (χ3n) is 3.67. The number of anilines is 3. The van der Waals surface area contributed by atoms with E-state index in [1.807, 2.05) is 43.3 Å². The molecule has 0 fully saturated rings. The van der Waals surface area contributed by atoms with Gasteiger partial charge in [0.05, 0.1) is 12.2 Å². The summed E-state index contributed by atoms with van der Waals surface area (Å²) in [6.45, 7) is 4.06. The zero-order valence-corrected chi connectivity index (χ0v) is 14.2. The number of aromatic nitrogens is 3. The molecule has 0 amide bonds. The molecule has 0 spiro atoms. The van der Waals surface area contributed by atoms with Crippen LogP contribution in [0.25, 0.3) is 0 Å². The molecule has 0 aliphatic rings. The predicted molar refractivity (Wildman–Crippen MR) is 97.8 cm³/mol. The number of nitrogens with one attached hydrogen (secondary N) is 2. The quantitative estimate of drug-likeness (QED) is 0.702. The molecule has 1 unspecified atom stereocenters. The first-order valence-electron chi connectivity index (χ1n) is 7.66. The molecular formula is C18H18ClN5. The minimum Gasteiger partial charge on any atom is -0.346 e. The number of rotatable bonds is 5. The van der Waals surface area contributed by atoms with E-state index >= 15 is 0 Å². The maximum Gasteiger partial charge on any atom is 0.245 e. The fourth-order valence-corrected chi connectivity index (χ4v) is 2.48. The summed E-state index contributed by atoms with van der Waals surface area (Å²) in [5, 5.41) is 15.2. The minimum atomic E-state index is 0.0798. The van der Waals surface area contributed by atoms with Gasteiger partial charge in [-0.05, 0) is 37.1 Å². The Hall–Kier alpha value is -2.66. The van der Waals surface area contributed by atoms with Crippen LogP contribution < -0.4 is 10.6 Å². The van der Waals surface area contributed by atoms with E-state index in [1.54, 1.807) is 6.20 Å². The largest absolute Gasteiger partial charge is 0.346 e. The molecule has 0 aliphatic heterocycles. The Morgan fingerprint density at radius 3 is 2.67 bits per heavy atom. The van der Waals surface area contributed by atoms with Gasteiger partial charge in [-0.2, -0.15) is 10.1 Å². The molecular weight excluding hydrogens is 322 g/mol. The Kier molecular flexibility index (Phi) is 4.91. The first-order chi connectivity index (χ1) is 11.6. The van der Waals surface area contributed by atoms with Crippen molar-refractivity contribution >= 4 is 29.1 Å². The lowest BCUT2D eigenvalue weighted by atomic mass is 10.1. The molecule has 3 aromatic rings. The Balaban J connectivity index is 1.76. The summed E-state index contributed by atoms with van der Waals surface area (Å²) >= 11 is 6.05. The van der Waals surface area contributed by atoms with Crippen LogP contribution in [0.3, 0.4) is 0 Å². The molecule has 2 N–H and O–H groups in total. The monoisotopic (exact) mass is 339 g/mol. The normalized spacial score (nSPS) is 11.8. The van der Waals surface area contributed by atoms with Crippen molar-refractivity contribution in [3.05, 3.63) is 70.9 Å². The van der Waals surface area contributed by atoms with Crippen molar-refractivity contribution in [2.45, 2.75) is 19.9 Å². The molecule has 2 aromatic carbocycles. The first kappa shape index (κ1) is 16.2. The van der Waals surface area contributed by atoms with Crippen molar-refractivity contribution in [3.8, 4) is 0 Å². The van der Waals surface area contributed by atoms with E-state index < -0.39 is 0 Å². The zero-order chi connectivity index (χ0) is 16.9. The van der Waals surface area contributed by atoms with Gasteiger partial charge in [-0.15, -0.1) is 5.10 Å². The third-order valence-corrected chi connectivity index (χ3v) is 3.90. The van der Waals surface area contributed by atoms with Crippen LogP contribution in [0.2, 0.25) is 5.02 Å². The van der Waals surface area contributed by atoms with Crippen LogP contribution in [0.5, 0.6) is 0 Å². The van der Waals surface area contributed by atoms with Crippen molar-refractivity contribution in [3.63, 3.8) is 0 Å². The Bertz CT molecular complexity index is 823. The summed E-state index contributed by atoms with van der Waals surface area (Å²) in [4.78, 5) is 4.47. The second-order valence-corrected chi connectivity index (χ2v) is 5.96. The van der Waals surface area contributed by atoms with Crippen molar-refractivity contribution < 1.29 is 0 Å². The average molecular weight is 340 g/mol. The van der Waals surface area contributed by atoms with Gasteiger partial charge in [-0.1, -0.05) is 48.0 Å². The number of aryl methyl sites for hydroxylation is 1.